The molecule has 2 aromatic rings. The molecule has 1 aliphatic heterocycles. The molecule has 0 spiro atoms. The van der Waals surface area contributed by atoms with Crippen LogP contribution in [0.5, 0.6) is 0 Å². The van der Waals surface area contributed by atoms with Crippen molar-refractivity contribution in [1.82, 2.24) is 10.3 Å². The molecule has 0 saturated heterocycles. The molecule has 2 heterocycles. The van der Waals surface area contributed by atoms with E-state index in [9.17, 15) is 19.1 Å². The molecule has 35 heavy (non-hydrogen) atoms. The number of carboxylic acid groups (broad SMARTS) is 1. The molecule has 1 amide bonds. The van der Waals surface area contributed by atoms with Crippen molar-refractivity contribution in [2.45, 2.75) is 70.9 Å². The zero-order valence-corrected chi connectivity index (χ0v) is 20.4. The highest BCUT2D eigenvalue weighted by molar-refractivity contribution is 5.99. The largest absolute Gasteiger partial charge is 0.480 e. The molecule has 1 saturated carbocycles. The number of hydrogen-bond donors (Lipinski definition) is 3. The van der Waals surface area contributed by atoms with Crippen molar-refractivity contribution in [2.75, 3.05) is 18.5 Å². The van der Waals surface area contributed by atoms with Crippen LogP contribution in [0.25, 0.3) is 0 Å². The number of aliphatic carboxylic acids is 1. The van der Waals surface area contributed by atoms with Crippen LogP contribution in [0.3, 0.4) is 0 Å². The van der Waals surface area contributed by atoms with Gasteiger partial charge in [0, 0.05) is 30.8 Å². The minimum atomic E-state index is -1.11. The number of halogens is 1. The van der Waals surface area contributed by atoms with Gasteiger partial charge in [0.25, 0.3) is 5.91 Å². The number of fused-ring (bicyclic) bond motifs is 1. The lowest BCUT2D eigenvalue weighted by molar-refractivity contribution is -0.140. The maximum Gasteiger partial charge on any atom is 0.326 e. The molecular weight excluding hydrogens is 449 g/mol. The Hall–Kier alpha value is -3.00. The fourth-order valence-corrected chi connectivity index (χ4v) is 5.02. The molecular formula is C27H34FN3O4. The Morgan fingerprint density at radius 3 is 2.71 bits per heavy atom. The number of rotatable bonds is 10. The Balaban J connectivity index is 1.18. The lowest BCUT2D eigenvalue weighted by atomic mass is 9.79. The number of anilines is 1. The standard InChI is InChI=1S/C27H34FN3O4/c1-16-12-20(28)13-17(2)24(16)26(32)31-23(27(33)34)9-11-35-22-14-18(15-22)5-7-21-8-6-19-4-3-10-29-25(19)30-21/h6,8,12-13,18,22-23H,3-5,7,9-11,14-15H2,1-2H3,(H,29,30)(H,31,32)(H,33,34)/t18?,22?,23-/m0/s1. The molecule has 1 aromatic carbocycles. The van der Waals surface area contributed by atoms with E-state index < -0.39 is 23.7 Å². The molecule has 3 N–H and O–H groups in total. The van der Waals surface area contributed by atoms with Crippen LogP contribution < -0.4 is 10.6 Å². The first-order chi connectivity index (χ1) is 16.8. The lowest BCUT2D eigenvalue weighted by Crippen LogP contribution is -2.42. The van der Waals surface area contributed by atoms with Crippen LogP contribution in [-0.2, 0) is 22.4 Å². The number of benzene rings is 1. The van der Waals surface area contributed by atoms with E-state index in [0.29, 0.717) is 22.6 Å². The smallest absolute Gasteiger partial charge is 0.326 e. The second-order valence-corrected chi connectivity index (χ2v) is 9.78. The number of carboxylic acids is 1. The van der Waals surface area contributed by atoms with Crippen LogP contribution in [0, 0.1) is 25.6 Å². The summed E-state index contributed by atoms with van der Waals surface area (Å²) in [5.74, 6) is -0.423. The maximum absolute atomic E-state index is 13.5. The molecule has 1 aromatic heterocycles. The van der Waals surface area contributed by atoms with Gasteiger partial charge >= 0.3 is 5.97 Å². The minimum Gasteiger partial charge on any atom is -0.480 e. The highest BCUT2D eigenvalue weighted by Gasteiger charge is 2.30. The van der Waals surface area contributed by atoms with Gasteiger partial charge in [0.2, 0.25) is 0 Å². The van der Waals surface area contributed by atoms with Gasteiger partial charge in [0.1, 0.15) is 17.7 Å². The summed E-state index contributed by atoms with van der Waals surface area (Å²) in [6.07, 6.45) is 6.48. The zero-order valence-electron chi connectivity index (χ0n) is 20.4. The third kappa shape index (κ3) is 6.36. The predicted molar refractivity (Wildman–Crippen MR) is 131 cm³/mol. The summed E-state index contributed by atoms with van der Waals surface area (Å²) in [6.45, 7) is 4.52. The Morgan fingerprint density at radius 2 is 2.00 bits per heavy atom. The molecule has 8 heteroatoms. The molecule has 4 rings (SSSR count). The van der Waals surface area contributed by atoms with Gasteiger partial charge in [-0.05, 0) is 93.2 Å². The van der Waals surface area contributed by atoms with E-state index in [0.717, 1.165) is 56.6 Å². The van der Waals surface area contributed by atoms with Crippen molar-refractivity contribution in [3.05, 3.63) is 58.0 Å². The average molecular weight is 484 g/mol. The van der Waals surface area contributed by atoms with Gasteiger partial charge in [-0.25, -0.2) is 14.2 Å². The zero-order chi connectivity index (χ0) is 24.9. The van der Waals surface area contributed by atoms with E-state index in [2.05, 4.69) is 22.8 Å². The number of aromatic nitrogens is 1. The van der Waals surface area contributed by atoms with Crippen LogP contribution in [0.15, 0.2) is 24.3 Å². The molecule has 1 fully saturated rings. The number of nitrogens with one attached hydrogen (secondary N) is 2. The number of carbonyl (C=O) groups excluding carboxylic acids is 1. The van der Waals surface area contributed by atoms with Crippen molar-refractivity contribution < 1.29 is 23.8 Å². The number of nitrogens with zero attached hydrogens (tertiary/aromatic N) is 1. The SMILES string of the molecule is Cc1cc(F)cc(C)c1C(=O)N[C@@H](CCOC1CC(CCc2ccc3c(n2)NCCC3)C1)C(=O)O. The molecule has 2 aliphatic rings. The maximum atomic E-state index is 13.5. The first-order valence-electron chi connectivity index (χ1n) is 12.4. The van der Waals surface area contributed by atoms with E-state index in [1.807, 2.05) is 0 Å². The monoisotopic (exact) mass is 483 g/mol. The van der Waals surface area contributed by atoms with Crippen molar-refractivity contribution in [3.63, 3.8) is 0 Å². The molecule has 0 radical (unpaired) electrons. The van der Waals surface area contributed by atoms with Gasteiger partial charge in [0.05, 0.1) is 6.10 Å². The van der Waals surface area contributed by atoms with Crippen LogP contribution in [0.4, 0.5) is 10.2 Å². The van der Waals surface area contributed by atoms with Gasteiger partial charge in [-0.2, -0.15) is 0 Å². The van der Waals surface area contributed by atoms with Crippen molar-refractivity contribution in [2.24, 2.45) is 5.92 Å². The van der Waals surface area contributed by atoms with Gasteiger partial charge in [-0.3, -0.25) is 4.79 Å². The summed E-state index contributed by atoms with van der Waals surface area (Å²) in [4.78, 5) is 29.1. The number of aryl methyl sites for hydroxylation is 4. The number of hydrogen-bond acceptors (Lipinski definition) is 5. The Bertz CT molecular complexity index is 1060. The molecule has 0 bridgehead atoms. The summed E-state index contributed by atoms with van der Waals surface area (Å²) in [5, 5.41) is 15.5. The van der Waals surface area contributed by atoms with E-state index in [1.54, 1.807) is 13.8 Å². The predicted octanol–water partition coefficient (Wildman–Crippen LogP) is 4.20. The summed E-state index contributed by atoms with van der Waals surface area (Å²) >= 11 is 0. The summed E-state index contributed by atoms with van der Waals surface area (Å²) in [7, 11) is 0. The minimum absolute atomic E-state index is 0.130. The Morgan fingerprint density at radius 1 is 1.26 bits per heavy atom. The highest BCUT2D eigenvalue weighted by Crippen LogP contribution is 2.34. The fraction of sp³-hybridized carbons (Fsp3) is 0.519. The summed E-state index contributed by atoms with van der Waals surface area (Å²) < 4.78 is 19.4. The van der Waals surface area contributed by atoms with E-state index in [4.69, 9.17) is 9.72 Å². The third-order valence-electron chi connectivity index (χ3n) is 7.04. The number of carbonyl (C=O) groups is 2. The van der Waals surface area contributed by atoms with Crippen LogP contribution >= 0.6 is 0 Å². The third-order valence-corrected chi connectivity index (χ3v) is 7.04. The van der Waals surface area contributed by atoms with Crippen LogP contribution in [0.1, 0.15) is 64.8 Å². The van der Waals surface area contributed by atoms with Gasteiger partial charge in [-0.1, -0.05) is 6.07 Å². The second kappa shape index (κ2) is 11.2. The number of amides is 1. The van der Waals surface area contributed by atoms with Gasteiger partial charge < -0.3 is 20.5 Å². The van der Waals surface area contributed by atoms with Crippen molar-refractivity contribution in [1.29, 1.82) is 0 Å². The highest BCUT2D eigenvalue weighted by atomic mass is 19.1. The topological polar surface area (TPSA) is 101 Å². The molecule has 188 valence electrons. The average Bonchev–Trinajstić information content (AvgIpc) is 2.78. The van der Waals surface area contributed by atoms with Crippen LogP contribution in [-0.4, -0.2) is 47.3 Å². The lowest BCUT2D eigenvalue weighted by Gasteiger charge is -2.35. The normalized spacial score (nSPS) is 19.7. The second-order valence-electron chi connectivity index (χ2n) is 9.78. The van der Waals surface area contributed by atoms with E-state index >= 15 is 0 Å². The number of pyridine rings is 1. The van der Waals surface area contributed by atoms with E-state index in [-0.39, 0.29) is 19.1 Å². The summed E-state index contributed by atoms with van der Waals surface area (Å²) in [5.41, 5.74) is 3.68. The molecule has 1 atom stereocenters. The summed E-state index contributed by atoms with van der Waals surface area (Å²) in [6, 6.07) is 5.80. The van der Waals surface area contributed by atoms with Gasteiger partial charge in [-0.15, -0.1) is 0 Å². The van der Waals surface area contributed by atoms with Crippen LogP contribution in [0.2, 0.25) is 0 Å². The van der Waals surface area contributed by atoms with E-state index in [1.165, 1.54) is 17.7 Å². The molecule has 1 aliphatic carbocycles. The molecule has 7 nitrogen and oxygen atoms in total. The quantitative estimate of drug-likeness (QED) is 0.468. The Kier molecular flexibility index (Phi) is 8.00. The van der Waals surface area contributed by atoms with Crippen molar-refractivity contribution in [3.8, 4) is 0 Å². The molecule has 0 unspecified atom stereocenters. The Labute approximate surface area is 205 Å². The number of ether oxygens (including phenoxy) is 1. The van der Waals surface area contributed by atoms with Gasteiger partial charge in [0.15, 0.2) is 0 Å². The van der Waals surface area contributed by atoms with Crippen molar-refractivity contribution >= 4 is 17.7 Å². The fourth-order valence-electron chi connectivity index (χ4n) is 5.02. The first kappa shape index (κ1) is 25.1. The first-order valence-corrected chi connectivity index (χ1v) is 12.4.